The molecule has 0 fully saturated rings. The monoisotopic (exact) mass is 502 g/mol. The van der Waals surface area contributed by atoms with E-state index in [9.17, 15) is 31.9 Å². The Morgan fingerprint density at radius 1 is 1.15 bits per heavy atom. The Labute approximate surface area is 195 Å². The van der Waals surface area contributed by atoms with Gasteiger partial charge in [0.15, 0.2) is 5.60 Å². The molecule has 0 spiro atoms. The van der Waals surface area contributed by atoms with Crippen LogP contribution in [0, 0.1) is 11.6 Å². The van der Waals surface area contributed by atoms with Crippen LogP contribution in [0.4, 0.5) is 27.6 Å². The lowest BCUT2D eigenvalue weighted by Crippen LogP contribution is -2.47. The Morgan fingerprint density at radius 2 is 1.82 bits per heavy atom. The summed E-state index contributed by atoms with van der Waals surface area (Å²) in [5.41, 5.74) is -4.13. The number of ether oxygens (including phenoxy) is 1. The van der Waals surface area contributed by atoms with E-state index in [1.54, 1.807) is 6.92 Å². The molecule has 0 aliphatic carbocycles. The fourth-order valence-corrected chi connectivity index (χ4v) is 3.91. The molecule has 5 nitrogen and oxygen atoms in total. The Kier molecular flexibility index (Phi) is 7.32. The van der Waals surface area contributed by atoms with Crippen molar-refractivity contribution in [1.82, 2.24) is 4.98 Å². The molecule has 182 valence electrons. The number of nitrogens with zero attached hydrogens (tertiary/aromatic N) is 1. The third-order valence-corrected chi connectivity index (χ3v) is 5.86. The largest absolute Gasteiger partial charge is 0.495 e. The van der Waals surface area contributed by atoms with E-state index < -0.39 is 41.3 Å². The van der Waals surface area contributed by atoms with Crippen LogP contribution in [0.1, 0.15) is 31.2 Å². The first-order valence-corrected chi connectivity index (χ1v) is 10.5. The Hall–Kier alpha value is -2.98. The number of hydrogen-bond acceptors (Lipinski definition) is 4. The summed E-state index contributed by atoms with van der Waals surface area (Å²) in [4.78, 5) is 17.6. The fourth-order valence-electron chi connectivity index (χ4n) is 3.66. The highest BCUT2D eigenvalue weighted by atomic mass is 35.5. The van der Waals surface area contributed by atoms with Gasteiger partial charge in [0, 0.05) is 17.7 Å². The zero-order valence-electron chi connectivity index (χ0n) is 18.0. The molecule has 0 unspecified atom stereocenters. The lowest BCUT2D eigenvalue weighted by atomic mass is 9.84. The van der Waals surface area contributed by atoms with Crippen molar-refractivity contribution < 1.29 is 31.8 Å². The average Bonchev–Trinajstić information content (AvgIpc) is 2.78. The Balaban J connectivity index is 2.06. The number of H-pyrrole nitrogens is 1. The highest BCUT2D eigenvalue weighted by Gasteiger charge is 2.53. The van der Waals surface area contributed by atoms with Crippen LogP contribution in [0.2, 0.25) is 5.02 Å². The van der Waals surface area contributed by atoms with Gasteiger partial charge in [0.1, 0.15) is 22.4 Å². The van der Waals surface area contributed by atoms with Gasteiger partial charge < -0.3 is 14.8 Å². The summed E-state index contributed by atoms with van der Waals surface area (Å²) in [5.74, 6) is -2.65. The van der Waals surface area contributed by atoms with Gasteiger partial charge in [-0.25, -0.2) is 8.78 Å². The molecule has 2 aromatic carbocycles. The first kappa shape index (κ1) is 25.6. The zero-order valence-corrected chi connectivity index (χ0v) is 18.8. The van der Waals surface area contributed by atoms with Crippen LogP contribution in [0.3, 0.4) is 0 Å². The number of aliphatic hydroxyl groups is 1. The first-order valence-electron chi connectivity index (χ1n) is 10.1. The van der Waals surface area contributed by atoms with Crippen LogP contribution in [0.25, 0.3) is 10.9 Å². The summed E-state index contributed by atoms with van der Waals surface area (Å²) in [5, 5.41) is 10.4. The lowest BCUT2D eigenvalue weighted by molar-refractivity contribution is -0.232. The second-order valence-corrected chi connectivity index (χ2v) is 8.03. The van der Waals surface area contributed by atoms with Crippen LogP contribution in [-0.4, -0.2) is 35.2 Å². The normalized spacial score (nSPS) is 15.0. The molecular weight excluding hydrogens is 483 g/mol. The van der Waals surface area contributed by atoms with Crippen LogP contribution >= 0.6 is 11.6 Å². The van der Waals surface area contributed by atoms with Crippen LogP contribution in [0.15, 0.2) is 46.2 Å². The molecule has 3 rings (SSSR count). The third-order valence-electron chi connectivity index (χ3n) is 5.50. The van der Waals surface area contributed by atoms with Gasteiger partial charge in [-0.2, -0.15) is 13.2 Å². The van der Waals surface area contributed by atoms with E-state index in [1.807, 2.05) is 0 Å². The summed E-state index contributed by atoms with van der Waals surface area (Å²) in [6.07, 6.45) is -5.54. The molecule has 2 N–H and O–H groups in total. The molecule has 0 saturated heterocycles. The molecule has 1 aromatic heterocycles. The maximum Gasteiger partial charge on any atom is 0.422 e. The number of nitrogens with one attached hydrogen (secondary N) is 1. The molecule has 2 atom stereocenters. The van der Waals surface area contributed by atoms with Crippen molar-refractivity contribution in [3.63, 3.8) is 0 Å². The number of pyridine rings is 1. The molecule has 0 saturated carbocycles. The standard InChI is InChI=1S/C23H20ClF5N2O3/c1-3-12(13-4-6-15(25)19(24)21(13)34-2)10-22(33,23(27,28)29)11-30-17-8-7-16(26)20-14(17)5-9-18(32)31-20/h4-9,11-12,33H,3,10H2,1-2H3,(H,31,32)/b30-11+/t12-,22-/m1/s1. The van der Waals surface area contributed by atoms with Crippen LogP contribution < -0.4 is 10.3 Å². The van der Waals surface area contributed by atoms with E-state index >= 15 is 0 Å². The minimum atomic E-state index is -5.13. The number of rotatable bonds is 7. The third kappa shape index (κ3) is 4.92. The van der Waals surface area contributed by atoms with Crippen molar-refractivity contribution in [3.8, 4) is 5.75 Å². The summed E-state index contributed by atoms with van der Waals surface area (Å²) < 4.78 is 75.0. The molecule has 11 heteroatoms. The van der Waals surface area contributed by atoms with Crippen molar-refractivity contribution in [2.75, 3.05) is 7.11 Å². The van der Waals surface area contributed by atoms with Gasteiger partial charge in [-0.1, -0.05) is 24.6 Å². The number of hydrogen-bond donors (Lipinski definition) is 2. The first-order chi connectivity index (χ1) is 15.9. The van der Waals surface area contributed by atoms with Gasteiger partial charge in [0.05, 0.1) is 18.3 Å². The quantitative estimate of drug-likeness (QED) is 0.305. The second-order valence-electron chi connectivity index (χ2n) is 7.65. The number of methoxy groups -OCH3 is 1. The highest BCUT2D eigenvalue weighted by Crippen LogP contribution is 2.43. The lowest BCUT2D eigenvalue weighted by Gasteiger charge is -2.31. The minimum Gasteiger partial charge on any atom is -0.495 e. The SMILES string of the molecule is CC[C@H](C[C@@](O)(/C=N/c1ccc(F)c2[nH]c(=O)ccc12)C(F)(F)F)c1ccc(F)c(Cl)c1OC. The number of halogens is 6. The van der Waals surface area contributed by atoms with Gasteiger partial charge in [-0.05, 0) is 48.6 Å². The summed E-state index contributed by atoms with van der Waals surface area (Å²) >= 11 is 5.91. The topological polar surface area (TPSA) is 74.7 Å². The predicted molar refractivity (Wildman–Crippen MR) is 119 cm³/mol. The van der Waals surface area contributed by atoms with E-state index in [0.29, 0.717) is 6.21 Å². The number of fused-ring (bicyclic) bond motifs is 1. The van der Waals surface area contributed by atoms with Crippen molar-refractivity contribution in [3.05, 3.63) is 69.0 Å². The Morgan fingerprint density at radius 3 is 2.44 bits per heavy atom. The van der Waals surface area contributed by atoms with E-state index in [4.69, 9.17) is 16.3 Å². The van der Waals surface area contributed by atoms with Gasteiger partial charge in [0.2, 0.25) is 5.56 Å². The fraction of sp³-hybridized carbons (Fsp3) is 0.304. The van der Waals surface area contributed by atoms with Crippen molar-refractivity contribution in [2.24, 2.45) is 4.99 Å². The number of aromatic nitrogens is 1. The summed E-state index contributed by atoms with van der Waals surface area (Å²) in [6, 6.07) is 6.63. The Bertz CT molecular complexity index is 1290. The average molecular weight is 503 g/mol. The van der Waals surface area contributed by atoms with Gasteiger partial charge in [-0.15, -0.1) is 0 Å². The van der Waals surface area contributed by atoms with Crippen LogP contribution in [-0.2, 0) is 0 Å². The van der Waals surface area contributed by atoms with Gasteiger partial charge in [0.25, 0.3) is 0 Å². The van der Waals surface area contributed by atoms with Crippen molar-refractivity contribution >= 4 is 34.4 Å². The van der Waals surface area contributed by atoms with Crippen LogP contribution in [0.5, 0.6) is 5.75 Å². The van der Waals surface area contributed by atoms with Crippen molar-refractivity contribution in [1.29, 1.82) is 0 Å². The predicted octanol–water partition coefficient (Wildman–Crippen LogP) is 6.05. The molecule has 1 heterocycles. The number of aromatic amines is 1. The molecule has 34 heavy (non-hydrogen) atoms. The van der Waals surface area contributed by atoms with E-state index in [0.717, 1.165) is 24.3 Å². The van der Waals surface area contributed by atoms with Gasteiger partial charge in [-0.3, -0.25) is 9.79 Å². The maximum absolute atomic E-state index is 14.0. The molecule has 0 aliphatic rings. The summed E-state index contributed by atoms with van der Waals surface area (Å²) in [7, 11) is 1.21. The number of alkyl halides is 3. The van der Waals surface area contributed by atoms with Gasteiger partial charge >= 0.3 is 6.18 Å². The van der Waals surface area contributed by atoms with Crippen molar-refractivity contribution in [2.45, 2.75) is 37.5 Å². The minimum absolute atomic E-state index is 0.0550. The molecule has 0 radical (unpaired) electrons. The number of benzene rings is 2. The number of aliphatic imine (C=N–C) groups is 1. The molecule has 0 bridgehead atoms. The maximum atomic E-state index is 14.0. The summed E-state index contributed by atoms with van der Waals surface area (Å²) in [6.45, 7) is 1.60. The zero-order chi connectivity index (χ0) is 25.3. The molecule has 0 aliphatic heterocycles. The highest BCUT2D eigenvalue weighted by molar-refractivity contribution is 6.32. The smallest absolute Gasteiger partial charge is 0.422 e. The van der Waals surface area contributed by atoms with E-state index in [-0.39, 0.29) is 39.3 Å². The van der Waals surface area contributed by atoms with E-state index in [1.165, 1.54) is 19.2 Å². The molecule has 3 aromatic rings. The second kappa shape index (κ2) is 9.71. The molecule has 0 amide bonds. The van der Waals surface area contributed by atoms with E-state index in [2.05, 4.69) is 9.98 Å². The molecular formula is C23H20ClF5N2O3.